The molecule has 0 spiro atoms. The zero-order valence-corrected chi connectivity index (χ0v) is 16.2. The van der Waals surface area contributed by atoms with Crippen LogP contribution in [0.3, 0.4) is 0 Å². The van der Waals surface area contributed by atoms with E-state index in [9.17, 15) is 18.0 Å². The summed E-state index contributed by atoms with van der Waals surface area (Å²) in [5, 5.41) is 4.83. The molecule has 148 valence electrons. The van der Waals surface area contributed by atoms with E-state index in [-0.39, 0.29) is 25.0 Å². The van der Waals surface area contributed by atoms with Crippen molar-refractivity contribution in [1.29, 1.82) is 0 Å². The van der Waals surface area contributed by atoms with Gasteiger partial charge in [-0.05, 0) is 34.9 Å². The van der Waals surface area contributed by atoms with Crippen LogP contribution in [-0.4, -0.2) is 25.3 Å². The number of alkyl halides is 3. The van der Waals surface area contributed by atoms with Gasteiger partial charge in [-0.2, -0.15) is 13.2 Å². The van der Waals surface area contributed by atoms with Crippen LogP contribution in [-0.2, 0) is 9.53 Å². The molecule has 0 fully saturated rings. The number of benzene rings is 1. The van der Waals surface area contributed by atoms with Gasteiger partial charge in [0.05, 0.1) is 12.6 Å². The minimum Gasteiger partial charge on any atom is -0.372 e. The van der Waals surface area contributed by atoms with Crippen LogP contribution in [0.2, 0.25) is 0 Å². The van der Waals surface area contributed by atoms with E-state index in [1.807, 2.05) is 29.6 Å². The van der Waals surface area contributed by atoms with Gasteiger partial charge >= 0.3 is 6.18 Å². The Labute approximate surface area is 161 Å². The second kappa shape index (κ2) is 9.90. The summed E-state index contributed by atoms with van der Waals surface area (Å²) in [6.45, 7) is 2.68. The monoisotopic (exact) mass is 399 g/mol. The number of hydrogen-bond acceptors (Lipinski definition) is 3. The summed E-state index contributed by atoms with van der Waals surface area (Å²) in [6, 6.07) is 11.6. The Morgan fingerprint density at radius 3 is 2.41 bits per heavy atom. The Kier molecular flexibility index (Phi) is 7.86. The van der Waals surface area contributed by atoms with E-state index in [4.69, 9.17) is 0 Å². The van der Waals surface area contributed by atoms with Gasteiger partial charge in [0.1, 0.15) is 6.61 Å². The van der Waals surface area contributed by atoms with Crippen molar-refractivity contribution in [2.45, 2.75) is 44.8 Å². The second-order valence-electron chi connectivity index (χ2n) is 6.41. The van der Waals surface area contributed by atoms with Gasteiger partial charge in [-0.1, -0.05) is 44.2 Å². The Morgan fingerprint density at radius 2 is 1.85 bits per heavy atom. The minimum absolute atomic E-state index is 0.122. The topological polar surface area (TPSA) is 38.3 Å². The number of ether oxygens (including phenoxy) is 1. The summed E-state index contributed by atoms with van der Waals surface area (Å²) in [5.74, 6) is 0.112. The summed E-state index contributed by atoms with van der Waals surface area (Å²) in [4.78, 5) is 13.2. The van der Waals surface area contributed by atoms with Crippen LogP contribution in [0.5, 0.6) is 0 Å². The predicted molar refractivity (Wildman–Crippen MR) is 101 cm³/mol. The van der Waals surface area contributed by atoms with E-state index < -0.39 is 12.8 Å². The Morgan fingerprint density at radius 1 is 1.19 bits per heavy atom. The summed E-state index contributed by atoms with van der Waals surface area (Å²) in [6.07, 6.45) is -3.46. The Hall–Kier alpha value is -1.86. The molecule has 3 nitrogen and oxygen atoms in total. The number of amides is 1. The number of carbonyl (C=O) groups excluding carboxylic acids is 1. The van der Waals surface area contributed by atoms with Gasteiger partial charge in [0.15, 0.2) is 0 Å². The third kappa shape index (κ3) is 6.99. The lowest BCUT2D eigenvalue weighted by molar-refractivity contribution is -0.174. The molecule has 0 aliphatic rings. The maximum atomic E-state index is 12.2. The molecule has 2 aromatic rings. The molecular formula is C20H24F3NO2S. The first-order valence-electron chi connectivity index (χ1n) is 8.87. The average Bonchev–Trinajstić information content (AvgIpc) is 3.16. The molecule has 27 heavy (non-hydrogen) atoms. The number of hydrogen-bond donors (Lipinski definition) is 1. The van der Waals surface area contributed by atoms with E-state index in [1.165, 1.54) is 16.9 Å². The van der Waals surface area contributed by atoms with Gasteiger partial charge in [-0.15, -0.1) is 11.3 Å². The van der Waals surface area contributed by atoms with Crippen LogP contribution >= 0.6 is 11.3 Å². The highest BCUT2D eigenvalue weighted by molar-refractivity contribution is 7.10. The van der Waals surface area contributed by atoms with Crippen molar-refractivity contribution in [3.8, 4) is 0 Å². The van der Waals surface area contributed by atoms with Gasteiger partial charge in [0, 0.05) is 11.3 Å². The minimum atomic E-state index is -4.38. The zero-order chi connectivity index (χ0) is 19.9. The summed E-state index contributed by atoms with van der Waals surface area (Å²) < 4.78 is 40.8. The molecule has 0 aliphatic heterocycles. The maximum Gasteiger partial charge on any atom is 0.411 e. The molecule has 2 atom stereocenters. The number of rotatable bonds is 9. The molecule has 0 aliphatic carbocycles. The largest absolute Gasteiger partial charge is 0.411 e. The fourth-order valence-electron chi connectivity index (χ4n) is 2.61. The molecule has 1 heterocycles. The van der Waals surface area contributed by atoms with Crippen LogP contribution in [0.15, 0.2) is 41.8 Å². The van der Waals surface area contributed by atoms with Gasteiger partial charge in [-0.25, -0.2) is 0 Å². The van der Waals surface area contributed by atoms with Crippen molar-refractivity contribution in [3.63, 3.8) is 0 Å². The van der Waals surface area contributed by atoms with Crippen LogP contribution in [0.4, 0.5) is 13.2 Å². The molecule has 7 heteroatoms. The van der Waals surface area contributed by atoms with E-state index in [0.717, 1.165) is 16.9 Å². The van der Waals surface area contributed by atoms with E-state index in [0.29, 0.717) is 5.92 Å². The van der Waals surface area contributed by atoms with E-state index in [1.54, 1.807) is 0 Å². The van der Waals surface area contributed by atoms with Crippen molar-refractivity contribution in [3.05, 3.63) is 57.8 Å². The third-order valence-corrected chi connectivity index (χ3v) is 5.26. The molecule has 2 unspecified atom stereocenters. The molecule has 0 bridgehead atoms. The van der Waals surface area contributed by atoms with Gasteiger partial charge in [0.2, 0.25) is 5.91 Å². The maximum absolute atomic E-state index is 12.2. The highest BCUT2D eigenvalue weighted by Crippen LogP contribution is 2.28. The normalized spacial score (nSPS) is 14.0. The van der Waals surface area contributed by atoms with Gasteiger partial charge in [0.25, 0.3) is 0 Å². The van der Waals surface area contributed by atoms with Crippen LogP contribution in [0, 0.1) is 0 Å². The summed E-state index contributed by atoms with van der Waals surface area (Å²) in [7, 11) is 0. The number of carbonyl (C=O) groups is 1. The van der Waals surface area contributed by atoms with Crippen molar-refractivity contribution in [1.82, 2.24) is 5.32 Å². The summed E-state index contributed by atoms with van der Waals surface area (Å²) in [5.41, 5.74) is 2.17. The molecule has 1 aromatic carbocycles. The molecule has 1 amide bonds. The van der Waals surface area contributed by atoms with Crippen molar-refractivity contribution >= 4 is 17.2 Å². The molecule has 1 aromatic heterocycles. The zero-order valence-electron chi connectivity index (χ0n) is 15.4. The third-order valence-electron chi connectivity index (χ3n) is 4.32. The second-order valence-corrected chi connectivity index (χ2v) is 7.39. The quantitative estimate of drug-likeness (QED) is 0.571. The number of halogens is 3. The number of thiophene rings is 1. The molecule has 0 radical (unpaired) electrons. The van der Waals surface area contributed by atoms with E-state index >= 15 is 0 Å². The summed E-state index contributed by atoms with van der Waals surface area (Å²) >= 11 is 1.52. The SMILES string of the molecule is CCC(C)c1ccc(C(NC(=O)CCOCC(F)(F)F)c2cccs2)cc1. The fourth-order valence-corrected chi connectivity index (χ4v) is 3.42. The fraction of sp³-hybridized carbons (Fsp3) is 0.450. The molecule has 2 rings (SSSR count). The molecular weight excluding hydrogens is 375 g/mol. The first-order chi connectivity index (χ1) is 12.8. The highest BCUT2D eigenvalue weighted by Gasteiger charge is 2.27. The van der Waals surface area contributed by atoms with Crippen molar-refractivity contribution < 1.29 is 22.7 Å². The van der Waals surface area contributed by atoms with Crippen LogP contribution in [0.25, 0.3) is 0 Å². The highest BCUT2D eigenvalue weighted by atomic mass is 32.1. The molecule has 0 saturated carbocycles. The smallest absolute Gasteiger partial charge is 0.372 e. The van der Waals surface area contributed by atoms with Gasteiger partial charge < -0.3 is 10.1 Å². The van der Waals surface area contributed by atoms with Crippen LogP contribution < -0.4 is 5.32 Å². The van der Waals surface area contributed by atoms with E-state index in [2.05, 4.69) is 36.0 Å². The molecule has 1 N–H and O–H groups in total. The Bertz CT molecular complexity index is 699. The first-order valence-corrected chi connectivity index (χ1v) is 9.75. The van der Waals surface area contributed by atoms with Crippen LogP contribution in [0.1, 0.15) is 54.7 Å². The van der Waals surface area contributed by atoms with Crippen molar-refractivity contribution in [2.75, 3.05) is 13.2 Å². The Balaban J connectivity index is 2.02. The lowest BCUT2D eigenvalue weighted by Crippen LogP contribution is -2.30. The average molecular weight is 399 g/mol. The number of nitrogens with one attached hydrogen (secondary N) is 1. The standard InChI is InChI=1S/C20H24F3NO2S/c1-3-14(2)15-6-8-16(9-7-15)19(17-5-4-12-27-17)24-18(25)10-11-26-13-20(21,22)23/h4-9,12,14,19H,3,10-11,13H2,1-2H3,(H,24,25). The van der Waals surface area contributed by atoms with Gasteiger partial charge in [-0.3, -0.25) is 4.79 Å². The lowest BCUT2D eigenvalue weighted by Gasteiger charge is -2.19. The molecule has 0 saturated heterocycles. The lowest BCUT2D eigenvalue weighted by atomic mass is 9.95. The predicted octanol–water partition coefficient (Wildman–Crippen LogP) is 5.44. The van der Waals surface area contributed by atoms with Crippen molar-refractivity contribution in [2.24, 2.45) is 0 Å². The first kappa shape index (κ1) is 21.4.